The van der Waals surface area contributed by atoms with Crippen LogP contribution in [0.2, 0.25) is 0 Å². The normalized spacial score (nSPS) is 11.7. The maximum absolute atomic E-state index is 13.8. The van der Waals surface area contributed by atoms with Gasteiger partial charge in [-0.05, 0) is 18.6 Å². The number of halogens is 2. The summed E-state index contributed by atoms with van der Waals surface area (Å²) in [5, 5.41) is 0. The lowest BCUT2D eigenvalue weighted by atomic mass is 10.3. The van der Waals surface area contributed by atoms with Gasteiger partial charge in [-0.25, -0.2) is 21.5 Å². The Bertz CT molecular complexity index is 634. The number of nitrogen functional groups attached to an aromatic ring is 1. The van der Waals surface area contributed by atoms with E-state index < -0.39 is 38.2 Å². The summed E-state index contributed by atoms with van der Waals surface area (Å²) in [7, 11) is -1.70. The van der Waals surface area contributed by atoms with Crippen molar-refractivity contribution < 1.29 is 26.7 Å². The summed E-state index contributed by atoms with van der Waals surface area (Å²) >= 11 is 0. The van der Waals surface area contributed by atoms with Gasteiger partial charge in [0.15, 0.2) is 5.82 Å². The zero-order valence-electron chi connectivity index (χ0n) is 11.6. The highest BCUT2D eigenvalue weighted by Gasteiger charge is 2.26. The summed E-state index contributed by atoms with van der Waals surface area (Å²) in [6.45, 7) is -0.0197. The van der Waals surface area contributed by atoms with Gasteiger partial charge in [0.05, 0.1) is 7.11 Å². The summed E-state index contributed by atoms with van der Waals surface area (Å²) in [6.07, 6.45) is 0.241. The first-order valence-corrected chi connectivity index (χ1v) is 7.42. The molecular formula is C12H16F2N2O4S. The SMILES string of the molecule is COC(=O)CCCN(C)S(=O)(=O)c1ccc(F)c(N)c1F. The lowest BCUT2D eigenvalue weighted by Gasteiger charge is -2.17. The van der Waals surface area contributed by atoms with Gasteiger partial charge in [0.1, 0.15) is 16.4 Å². The molecule has 0 aromatic heterocycles. The van der Waals surface area contributed by atoms with Gasteiger partial charge in [0.25, 0.3) is 0 Å². The number of ether oxygens (including phenoxy) is 1. The number of hydrogen-bond donors (Lipinski definition) is 1. The third-order valence-corrected chi connectivity index (χ3v) is 4.74. The van der Waals surface area contributed by atoms with E-state index in [4.69, 9.17) is 5.73 Å². The Morgan fingerprint density at radius 2 is 2.00 bits per heavy atom. The number of rotatable bonds is 6. The Morgan fingerprint density at radius 1 is 1.38 bits per heavy atom. The molecule has 1 aromatic carbocycles. The molecule has 0 bridgehead atoms. The Kier molecular flexibility index (Phi) is 5.62. The Labute approximate surface area is 121 Å². The molecule has 0 aliphatic rings. The molecule has 0 unspecified atom stereocenters. The minimum atomic E-state index is -4.15. The average molecular weight is 322 g/mol. The molecule has 6 nitrogen and oxygen atoms in total. The van der Waals surface area contributed by atoms with Gasteiger partial charge in [0, 0.05) is 20.0 Å². The number of esters is 1. The Balaban J connectivity index is 2.91. The average Bonchev–Trinajstić information content (AvgIpc) is 2.44. The molecule has 0 spiro atoms. The number of hydrogen-bond acceptors (Lipinski definition) is 5. The highest BCUT2D eigenvalue weighted by atomic mass is 32.2. The lowest BCUT2D eigenvalue weighted by molar-refractivity contribution is -0.140. The number of carbonyl (C=O) groups is 1. The fourth-order valence-corrected chi connectivity index (χ4v) is 2.87. The van der Waals surface area contributed by atoms with Crippen LogP contribution in [-0.4, -0.2) is 39.4 Å². The van der Waals surface area contributed by atoms with E-state index in [9.17, 15) is 22.0 Å². The third-order valence-electron chi connectivity index (χ3n) is 2.86. The molecule has 0 saturated carbocycles. The molecule has 0 radical (unpaired) electrons. The molecular weight excluding hydrogens is 306 g/mol. The molecule has 9 heteroatoms. The monoisotopic (exact) mass is 322 g/mol. The van der Waals surface area contributed by atoms with E-state index in [1.165, 1.54) is 14.2 Å². The third kappa shape index (κ3) is 3.88. The molecule has 0 heterocycles. The van der Waals surface area contributed by atoms with Crippen LogP contribution in [0.5, 0.6) is 0 Å². The van der Waals surface area contributed by atoms with Crippen molar-refractivity contribution in [1.82, 2.24) is 4.31 Å². The summed E-state index contributed by atoms with van der Waals surface area (Å²) < 4.78 is 56.4. The number of nitrogens with zero attached hydrogens (tertiary/aromatic N) is 1. The molecule has 21 heavy (non-hydrogen) atoms. The number of methoxy groups -OCH3 is 1. The summed E-state index contributed by atoms with van der Waals surface area (Å²) in [5.41, 5.74) is 4.30. The maximum atomic E-state index is 13.8. The van der Waals surface area contributed by atoms with Crippen molar-refractivity contribution >= 4 is 21.7 Å². The molecule has 1 aromatic rings. The van der Waals surface area contributed by atoms with E-state index in [0.717, 1.165) is 16.4 Å². The van der Waals surface area contributed by atoms with Gasteiger partial charge in [-0.1, -0.05) is 0 Å². The second-order valence-electron chi connectivity index (χ2n) is 4.28. The molecule has 118 valence electrons. The van der Waals surface area contributed by atoms with Gasteiger partial charge in [-0.2, -0.15) is 0 Å². The first kappa shape index (κ1) is 17.3. The second kappa shape index (κ2) is 6.81. The van der Waals surface area contributed by atoms with Crippen molar-refractivity contribution in [2.24, 2.45) is 0 Å². The molecule has 0 fully saturated rings. The number of anilines is 1. The zero-order chi connectivity index (χ0) is 16.2. The van der Waals surface area contributed by atoms with Crippen LogP contribution in [0.25, 0.3) is 0 Å². The van der Waals surface area contributed by atoms with Crippen LogP contribution in [0.4, 0.5) is 14.5 Å². The molecule has 0 aliphatic carbocycles. The largest absolute Gasteiger partial charge is 0.469 e. The minimum Gasteiger partial charge on any atom is -0.469 e. The molecule has 1 rings (SSSR count). The van der Waals surface area contributed by atoms with Crippen LogP contribution in [-0.2, 0) is 19.6 Å². The van der Waals surface area contributed by atoms with Gasteiger partial charge in [0.2, 0.25) is 10.0 Å². The Morgan fingerprint density at radius 3 is 2.57 bits per heavy atom. The maximum Gasteiger partial charge on any atom is 0.305 e. The highest BCUT2D eigenvalue weighted by molar-refractivity contribution is 7.89. The first-order valence-electron chi connectivity index (χ1n) is 5.98. The van der Waals surface area contributed by atoms with E-state index in [0.29, 0.717) is 0 Å². The quantitative estimate of drug-likeness (QED) is 0.626. The van der Waals surface area contributed by atoms with Gasteiger partial charge < -0.3 is 10.5 Å². The van der Waals surface area contributed by atoms with E-state index >= 15 is 0 Å². The highest BCUT2D eigenvalue weighted by Crippen LogP contribution is 2.25. The topological polar surface area (TPSA) is 89.7 Å². The van der Waals surface area contributed by atoms with Crippen molar-refractivity contribution in [1.29, 1.82) is 0 Å². The molecule has 2 N–H and O–H groups in total. The number of benzene rings is 1. The smallest absolute Gasteiger partial charge is 0.305 e. The molecule has 0 amide bonds. The molecule has 0 aliphatic heterocycles. The number of carbonyl (C=O) groups excluding carboxylic acids is 1. The van der Waals surface area contributed by atoms with Gasteiger partial charge in [-0.15, -0.1) is 0 Å². The van der Waals surface area contributed by atoms with Gasteiger partial charge in [-0.3, -0.25) is 4.79 Å². The fourth-order valence-electron chi connectivity index (χ4n) is 1.58. The predicted octanol–water partition coefficient (Wildman–Crippen LogP) is 1.12. The standard InChI is InChI=1S/C12H16F2N2O4S/c1-16(7-3-4-10(17)20-2)21(18,19)9-6-5-8(13)12(15)11(9)14/h5-6H,3-4,7,15H2,1-2H3. The van der Waals surface area contributed by atoms with Crippen LogP contribution in [0.15, 0.2) is 17.0 Å². The summed E-state index contributed by atoms with van der Waals surface area (Å²) in [4.78, 5) is 10.2. The van der Waals surface area contributed by atoms with Crippen LogP contribution in [0.3, 0.4) is 0 Å². The first-order chi connectivity index (χ1) is 9.71. The summed E-state index contributed by atoms with van der Waals surface area (Å²) in [6, 6.07) is 1.60. The number of nitrogens with two attached hydrogens (primary N) is 1. The number of sulfonamides is 1. The summed E-state index contributed by atoms with van der Waals surface area (Å²) in [5.74, 6) is -2.83. The second-order valence-corrected chi connectivity index (χ2v) is 6.29. The van der Waals surface area contributed by atoms with Crippen LogP contribution in [0.1, 0.15) is 12.8 Å². The molecule has 0 atom stereocenters. The van der Waals surface area contributed by atoms with E-state index in [-0.39, 0.29) is 19.4 Å². The van der Waals surface area contributed by atoms with Crippen LogP contribution >= 0.6 is 0 Å². The van der Waals surface area contributed by atoms with E-state index in [1.807, 2.05) is 0 Å². The minimum absolute atomic E-state index is 0.0197. The van der Waals surface area contributed by atoms with Crippen LogP contribution < -0.4 is 5.73 Å². The van der Waals surface area contributed by atoms with E-state index in [2.05, 4.69) is 4.74 Å². The fraction of sp³-hybridized carbons (Fsp3) is 0.417. The van der Waals surface area contributed by atoms with Crippen molar-refractivity contribution in [3.63, 3.8) is 0 Å². The van der Waals surface area contributed by atoms with Crippen LogP contribution in [0, 0.1) is 11.6 Å². The molecule has 0 saturated heterocycles. The van der Waals surface area contributed by atoms with Crippen molar-refractivity contribution in [3.05, 3.63) is 23.8 Å². The van der Waals surface area contributed by atoms with Gasteiger partial charge >= 0.3 is 5.97 Å². The Hall–Kier alpha value is -1.74. The van der Waals surface area contributed by atoms with Crippen molar-refractivity contribution in [2.75, 3.05) is 26.4 Å². The van der Waals surface area contributed by atoms with Crippen molar-refractivity contribution in [2.45, 2.75) is 17.7 Å². The predicted molar refractivity (Wildman–Crippen MR) is 71.8 cm³/mol. The lowest BCUT2D eigenvalue weighted by Crippen LogP contribution is -2.29. The van der Waals surface area contributed by atoms with Crippen molar-refractivity contribution in [3.8, 4) is 0 Å². The van der Waals surface area contributed by atoms with E-state index in [1.54, 1.807) is 0 Å². The zero-order valence-corrected chi connectivity index (χ0v) is 12.4.